The van der Waals surface area contributed by atoms with Crippen LogP contribution in [0.5, 0.6) is 0 Å². The van der Waals surface area contributed by atoms with Gasteiger partial charge < -0.3 is 5.32 Å². The Kier molecular flexibility index (Phi) is 3.08. The van der Waals surface area contributed by atoms with Crippen molar-refractivity contribution in [2.75, 3.05) is 12.3 Å². The van der Waals surface area contributed by atoms with Gasteiger partial charge in [-0.15, -0.1) is 0 Å². The van der Waals surface area contributed by atoms with Gasteiger partial charge in [-0.3, -0.25) is 0 Å². The summed E-state index contributed by atoms with van der Waals surface area (Å²) in [6.07, 6.45) is -3.59. The highest BCUT2D eigenvalue weighted by molar-refractivity contribution is 7.94. The molecule has 0 amide bonds. The quantitative estimate of drug-likeness (QED) is 0.773. The average molecular weight is 229 g/mol. The fraction of sp³-hybridized carbons (Fsp3) is 0.714. The van der Waals surface area contributed by atoms with E-state index < -0.39 is 22.6 Å². The second-order valence-electron chi connectivity index (χ2n) is 3.08. The maximum atomic E-state index is 11.8. The number of halogens is 3. The Bertz CT molecular complexity index is 331. The molecule has 7 heteroatoms. The Hall–Kier alpha value is -0.720. The second-order valence-corrected chi connectivity index (χ2v) is 5.05. The Morgan fingerprint density at radius 2 is 2.07 bits per heavy atom. The summed E-state index contributed by atoms with van der Waals surface area (Å²) in [5.41, 5.74) is 0.147. The van der Waals surface area contributed by atoms with E-state index in [2.05, 4.69) is 5.32 Å². The molecule has 3 nitrogen and oxygen atoms in total. The topological polar surface area (TPSA) is 46.2 Å². The zero-order valence-electron chi connectivity index (χ0n) is 7.26. The molecule has 0 aromatic heterocycles. The van der Waals surface area contributed by atoms with Crippen molar-refractivity contribution in [3.8, 4) is 0 Å². The van der Waals surface area contributed by atoms with E-state index in [1.807, 2.05) is 0 Å². The van der Waals surface area contributed by atoms with Crippen LogP contribution >= 0.6 is 0 Å². The first kappa shape index (κ1) is 11.4. The van der Waals surface area contributed by atoms with E-state index in [1.165, 1.54) is 0 Å². The van der Waals surface area contributed by atoms with Crippen molar-refractivity contribution < 1.29 is 21.6 Å². The van der Waals surface area contributed by atoms with Gasteiger partial charge in [-0.1, -0.05) is 0 Å². The summed E-state index contributed by atoms with van der Waals surface area (Å²) >= 11 is 0. The molecule has 0 atom stereocenters. The molecule has 1 aliphatic heterocycles. The summed E-state index contributed by atoms with van der Waals surface area (Å²) in [5.74, 6) is 0.0181. The standard InChI is InChI=1S/C7H10F3NO2S/c8-7(9,10)5-11-6-2-1-3-14(12,13)4-6/h4,11H,1-3,5H2. The molecule has 1 aliphatic rings. The molecule has 1 rings (SSSR count). The predicted octanol–water partition coefficient (Wildman–Crippen LogP) is 1.19. The van der Waals surface area contributed by atoms with Crippen molar-refractivity contribution in [2.45, 2.75) is 19.0 Å². The number of nitrogens with one attached hydrogen (secondary N) is 1. The molecule has 0 radical (unpaired) electrons. The lowest BCUT2D eigenvalue weighted by atomic mass is 10.2. The van der Waals surface area contributed by atoms with E-state index in [9.17, 15) is 21.6 Å². The van der Waals surface area contributed by atoms with Gasteiger partial charge in [0.2, 0.25) is 0 Å². The predicted molar refractivity (Wildman–Crippen MR) is 45.2 cm³/mol. The average Bonchev–Trinajstić information content (AvgIpc) is 1.98. The summed E-state index contributed by atoms with van der Waals surface area (Å²) in [7, 11) is -3.29. The van der Waals surface area contributed by atoms with Crippen molar-refractivity contribution in [1.82, 2.24) is 5.32 Å². The van der Waals surface area contributed by atoms with Crippen LogP contribution in [-0.4, -0.2) is 26.9 Å². The lowest BCUT2D eigenvalue weighted by molar-refractivity contribution is -0.123. The minimum absolute atomic E-state index is 0.0181. The van der Waals surface area contributed by atoms with Crippen molar-refractivity contribution in [2.24, 2.45) is 0 Å². The Labute approximate surface area is 79.9 Å². The van der Waals surface area contributed by atoms with Gasteiger partial charge in [0.25, 0.3) is 0 Å². The molecule has 0 saturated heterocycles. The van der Waals surface area contributed by atoms with Crippen LogP contribution in [0.15, 0.2) is 11.1 Å². The first-order valence-electron chi connectivity index (χ1n) is 4.02. The highest BCUT2D eigenvalue weighted by Gasteiger charge is 2.27. The van der Waals surface area contributed by atoms with Gasteiger partial charge in [0.15, 0.2) is 9.84 Å². The lowest BCUT2D eigenvalue weighted by Crippen LogP contribution is -2.30. The normalized spacial score (nSPS) is 21.5. The molecule has 1 heterocycles. The van der Waals surface area contributed by atoms with Gasteiger partial charge in [0.1, 0.15) is 6.54 Å². The minimum atomic E-state index is -4.32. The minimum Gasteiger partial charge on any atom is -0.379 e. The monoisotopic (exact) mass is 229 g/mol. The fourth-order valence-corrected chi connectivity index (χ4v) is 2.44. The van der Waals surface area contributed by atoms with E-state index in [-0.39, 0.29) is 11.4 Å². The van der Waals surface area contributed by atoms with E-state index in [0.29, 0.717) is 12.8 Å². The van der Waals surface area contributed by atoms with Gasteiger partial charge in [-0.25, -0.2) is 8.42 Å². The van der Waals surface area contributed by atoms with Crippen LogP contribution in [0.1, 0.15) is 12.8 Å². The number of hydrogen-bond acceptors (Lipinski definition) is 3. The van der Waals surface area contributed by atoms with Crippen LogP contribution in [-0.2, 0) is 9.84 Å². The summed E-state index contributed by atoms with van der Waals surface area (Å²) in [4.78, 5) is 0. The van der Waals surface area contributed by atoms with Crippen LogP contribution in [0.25, 0.3) is 0 Å². The number of rotatable bonds is 2. The Morgan fingerprint density at radius 1 is 1.43 bits per heavy atom. The molecule has 0 spiro atoms. The van der Waals surface area contributed by atoms with Crippen molar-refractivity contribution in [3.05, 3.63) is 11.1 Å². The maximum absolute atomic E-state index is 11.8. The van der Waals surface area contributed by atoms with Gasteiger partial charge in [0, 0.05) is 11.1 Å². The van der Waals surface area contributed by atoms with Crippen LogP contribution in [0.3, 0.4) is 0 Å². The molecule has 0 aliphatic carbocycles. The highest BCUT2D eigenvalue weighted by atomic mass is 32.2. The zero-order chi connectivity index (χ0) is 10.8. The van der Waals surface area contributed by atoms with Crippen LogP contribution in [0.4, 0.5) is 13.2 Å². The molecule has 82 valence electrons. The van der Waals surface area contributed by atoms with Crippen LogP contribution in [0, 0.1) is 0 Å². The lowest BCUT2D eigenvalue weighted by Gasteiger charge is -2.16. The van der Waals surface area contributed by atoms with Gasteiger partial charge >= 0.3 is 6.18 Å². The molecule has 0 saturated carbocycles. The smallest absolute Gasteiger partial charge is 0.379 e. The first-order valence-corrected chi connectivity index (χ1v) is 5.74. The molecule has 0 aromatic rings. The summed E-state index contributed by atoms with van der Waals surface area (Å²) in [6.45, 7) is -1.19. The van der Waals surface area contributed by atoms with Crippen molar-refractivity contribution >= 4 is 9.84 Å². The number of alkyl halides is 3. The Morgan fingerprint density at radius 3 is 2.57 bits per heavy atom. The molecule has 0 unspecified atom stereocenters. The molecule has 1 N–H and O–H groups in total. The first-order chi connectivity index (χ1) is 6.29. The van der Waals surface area contributed by atoms with Gasteiger partial charge in [-0.05, 0) is 12.8 Å². The summed E-state index contributed by atoms with van der Waals surface area (Å²) in [6, 6.07) is 0. The van der Waals surface area contributed by atoms with E-state index in [1.54, 1.807) is 0 Å². The second kappa shape index (κ2) is 3.80. The van der Waals surface area contributed by atoms with E-state index >= 15 is 0 Å². The fourth-order valence-electron chi connectivity index (χ4n) is 1.14. The maximum Gasteiger partial charge on any atom is 0.405 e. The third-order valence-corrected chi connectivity index (χ3v) is 3.21. The van der Waals surface area contributed by atoms with Crippen molar-refractivity contribution in [1.29, 1.82) is 0 Å². The highest BCUT2D eigenvalue weighted by Crippen LogP contribution is 2.17. The molecule has 0 bridgehead atoms. The van der Waals surface area contributed by atoms with Crippen molar-refractivity contribution in [3.63, 3.8) is 0 Å². The summed E-state index contributed by atoms with van der Waals surface area (Å²) < 4.78 is 57.3. The third-order valence-electron chi connectivity index (χ3n) is 1.71. The molecule has 0 fully saturated rings. The van der Waals surface area contributed by atoms with Crippen LogP contribution < -0.4 is 5.32 Å². The van der Waals surface area contributed by atoms with Gasteiger partial charge in [-0.2, -0.15) is 13.2 Å². The zero-order valence-corrected chi connectivity index (χ0v) is 8.08. The molecule has 0 aromatic carbocycles. The Balaban J connectivity index is 2.58. The molecular formula is C7H10F3NO2S. The van der Waals surface area contributed by atoms with Gasteiger partial charge in [0.05, 0.1) is 5.75 Å². The third kappa shape index (κ3) is 3.99. The van der Waals surface area contributed by atoms with Crippen LogP contribution in [0.2, 0.25) is 0 Å². The number of allylic oxidation sites excluding steroid dienone is 1. The summed E-state index contributed by atoms with van der Waals surface area (Å²) in [5, 5.41) is 2.97. The number of hydrogen-bond donors (Lipinski definition) is 1. The molecule has 14 heavy (non-hydrogen) atoms. The van der Waals surface area contributed by atoms with E-state index in [4.69, 9.17) is 0 Å². The molecular weight excluding hydrogens is 219 g/mol. The SMILES string of the molecule is O=S1(=O)C=C(NCC(F)(F)F)CCC1. The number of sulfone groups is 1. The van der Waals surface area contributed by atoms with E-state index in [0.717, 1.165) is 5.41 Å². The largest absolute Gasteiger partial charge is 0.405 e.